The van der Waals surface area contributed by atoms with Crippen LogP contribution in [0.15, 0.2) is 0 Å². The van der Waals surface area contributed by atoms with Crippen LogP contribution in [0.5, 0.6) is 0 Å². The van der Waals surface area contributed by atoms with Crippen LogP contribution in [-0.4, -0.2) is 37.1 Å². The molecule has 0 aliphatic carbocycles. The van der Waals surface area contributed by atoms with Crippen LogP contribution in [0.3, 0.4) is 0 Å². The molecule has 2 unspecified atom stereocenters. The lowest BCUT2D eigenvalue weighted by molar-refractivity contribution is 0.127. The van der Waals surface area contributed by atoms with E-state index in [9.17, 15) is 0 Å². The Morgan fingerprint density at radius 3 is 2.71 bits per heavy atom. The molecular weight excluding hydrogens is 172 g/mol. The second-order valence-electron chi connectivity index (χ2n) is 4.52. The molecular formula is C12H26N2. The maximum Gasteiger partial charge on any atom is 0.0246 e. The van der Waals surface area contributed by atoms with Crippen LogP contribution in [0.2, 0.25) is 0 Å². The second-order valence-corrected chi connectivity index (χ2v) is 4.52. The summed E-state index contributed by atoms with van der Waals surface area (Å²) in [6.45, 7) is 11.9. The molecule has 14 heavy (non-hydrogen) atoms. The number of piperidine rings is 1. The first-order valence-corrected chi connectivity index (χ1v) is 6.24. The lowest BCUT2D eigenvalue weighted by Crippen LogP contribution is -2.50. The Balaban J connectivity index is 2.40. The minimum atomic E-state index is 0.778. The van der Waals surface area contributed by atoms with Gasteiger partial charge >= 0.3 is 0 Å². The molecule has 0 aromatic heterocycles. The fourth-order valence-corrected chi connectivity index (χ4v) is 2.38. The number of hydrogen-bond donors (Lipinski definition) is 1. The molecule has 1 N–H and O–H groups in total. The monoisotopic (exact) mass is 198 g/mol. The summed E-state index contributed by atoms with van der Waals surface area (Å²) < 4.78 is 0. The molecule has 1 heterocycles. The van der Waals surface area contributed by atoms with Gasteiger partial charge in [0.15, 0.2) is 0 Å². The van der Waals surface area contributed by atoms with Gasteiger partial charge in [-0.1, -0.05) is 27.2 Å². The van der Waals surface area contributed by atoms with E-state index in [2.05, 4.69) is 31.0 Å². The lowest BCUT2D eigenvalue weighted by atomic mass is 9.93. The van der Waals surface area contributed by atoms with E-state index >= 15 is 0 Å². The Bertz CT molecular complexity index is 147. The molecule has 0 aromatic rings. The number of nitrogens with one attached hydrogen (secondary N) is 1. The van der Waals surface area contributed by atoms with E-state index in [0.717, 1.165) is 12.0 Å². The molecule has 1 saturated heterocycles. The Hall–Kier alpha value is -0.0800. The maximum atomic E-state index is 3.51. The van der Waals surface area contributed by atoms with Crippen molar-refractivity contribution in [1.82, 2.24) is 10.2 Å². The van der Waals surface area contributed by atoms with Crippen LogP contribution in [0.25, 0.3) is 0 Å². The Morgan fingerprint density at radius 2 is 2.14 bits per heavy atom. The van der Waals surface area contributed by atoms with Crippen molar-refractivity contribution in [3.63, 3.8) is 0 Å². The van der Waals surface area contributed by atoms with Crippen molar-refractivity contribution in [2.24, 2.45) is 5.92 Å². The van der Waals surface area contributed by atoms with Gasteiger partial charge in [0.25, 0.3) is 0 Å². The van der Waals surface area contributed by atoms with Crippen molar-refractivity contribution in [1.29, 1.82) is 0 Å². The SMILES string of the molecule is CCCCN(CC)C1CNCCC1C. The molecule has 0 bridgehead atoms. The third-order valence-corrected chi connectivity index (χ3v) is 3.46. The van der Waals surface area contributed by atoms with Crippen molar-refractivity contribution < 1.29 is 0 Å². The summed E-state index contributed by atoms with van der Waals surface area (Å²) in [5, 5.41) is 3.51. The quantitative estimate of drug-likeness (QED) is 0.728. The fourth-order valence-electron chi connectivity index (χ4n) is 2.38. The summed E-state index contributed by atoms with van der Waals surface area (Å²) in [7, 11) is 0. The van der Waals surface area contributed by atoms with Crippen LogP contribution >= 0.6 is 0 Å². The van der Waals surface area contributed by atoms with Crippen LogP contribution in [0, 0.1) is 5.92 Å². The Morgan fingerprint density at radius 1 is 1.36 bits per heavy atom. The molecule has 84 valence electrons. The van der Waals surface area contributed by atoms with E-state index in [4.69, 9.17) is 0 Å². The molecule has 0 spiro atoms. The van der Waals surface area contributed by atoms with Gasteiger partial charge in [0.05, 0.1) is 0 Å². The van der Waals surface area contributed by atoms with Gasteiger partial charge in [0.2, 0.25) is 0 Å². The van der Waals surface area contributed by atoms with Gasteiger partial charge in [0.1, 0.15) is 0 Å². The summed E-state index contributed by atoms with van der Waals surface area (Å²) in [5.41, 5.74) is 0. The highest BCUT2D eigenvalue weighted by molar-refractivity contribution is 4.82. The van der Waals surface area contributed by atoms with E-state index < -0.39 is 0 Å². The zero-order chi connectivity index (χ0) is 10.4. The van der Waals surface area contributed by atoms with E-state index in [1.807, 2.05) is 0 Å². The lowest BCUT2D eigenvalue weighted by Gasteiger charge is -2.38. The first-order chi connectivity index (χ1) is 6.79. The van der Waals surface area contributed by atoms with E-state index in [0.29, 0.717) is 0 Å². The smallest absolute Gasteiger partial charge is 0.0246 e. The fraction of sp³-hybridized carbons (Fsp3) is 1.00. The molecule has 0 saturated carbocycles. The van der Waals surface area contributed by atoms with E-state index in [-0.39, 0.29) is 0 Å². The molecule has 2 heteroatoms. The van der Waals surface area contributed by atoms with Gasteiger partial charge in [-0.25, -0.2) is 0 Å². The molecule has 1 aliphatic heterocycles. The molecule has 1 fully saturated rings. The van der Waals surface area contributed by atoms with Crippen LogP contribution in [0.1, 0.15) is 40.0 Å². The molecule has 1 aliphatic rings. The number of hydrogen-bond acceptors (Lipinski definition) is 2. The highest BCUT2D eigenvalue weighted by Gasteiger charge is 2.25. The topological polar surface area (TPSA) is 15.3 Å². The standard InChI is InChI=1S/C12H26N2/c1-4-6-9-14(5-2)12-10-13-8-7-11(12)3/h11-13H,4-10H2,1-3H3. The van der Waals surface area contributed by atoms with E-state index in [1.54, 1.807) is 0 Å². The molecule has 1 rings (SSSR count). The highest BCUT2D eigenvalue weighted by Crippen LogP contribution is 2.17. The molecule has 2 atom stereocenters. The first kappa shape index (κ1) is 12.0. The normalized spacial score (nSPS) is 28.3. The van der Waals surface area contributed by atoms with Crippen LogP contribution in [0.4, 0.5) is 0 Å². The third-order valence-electron chi connectivity index (χ3n) is 3.46. The van der Waals surface area contributed by atoms with Crippen molar-refractivity contribution in [3.05, 3.63) is 0 Å². The summed E-state index contributed by atoms with van der Waals surface area (Å²) in [5.74, 6) is 0.869. The zero-order valence-corrected chi connectivity index (χ0v) is 10.1. The molecule has 0 aromatic carbocycles. The highest BCUT2D eigenvalue weighted by atomic mass is 15.2. The second kappa shape index (κ2) is 6.41. The predicted octanol–water partition coefficient (Wildman–Crippen LogP) is 2.11. The third kappa shape index (κ3) is 3.25. The van der Waals surface area contributed by atoms with Gasteiger partial charge < -0.3 is 5.32 Å². The van der Waals surface area contributed by atoms with Crippen LogP contribution in [-0.2, 0) is 0 Å². The van der Waals surface area contributed by atoms with Crippen molar-refractivity contribution in [2.45, 2.75) is 46.1 Å². The van der Waals surface area contributed by atoms with Gasteiger partial charge in [0, 0.05) is 12.6 Å². The number of nitrogens with zero attached hydrogens (tertiary/aromatic N) is 1. The van der Waals surface area contributed by atoms with Gasteiger partial charge in [-0.3, -0.25) is 4.90 Å². The minimum Gasteiger partial charge on any atom is -0.315 e. The average molecular weight is 198 g/mol. The molecule has 2 nitrogen and oxygen atoms in total. The largest absolute Gasteiger partial charge is 0.315 e. The zero-order valence-electron chi connectivity index (χ0n) is 10.1. The van der Waals surface area contributed by atoms with Crippen molar-refractivity contribution in [3.8, 4) is 0 Å². The Kier molecular flexibility index (Phi) is 5.49. The van der Waals surface area contributed by atoms with Gasteiger partial charge in [-0.15, -0.1) is 0 Å². The summed E-state index contributed by atoms with van der Waals surface area (Å²) >= 11 is 0. The number of rotatable bonds is 5. The summed E-state index contributed by atoms with van der Waals surface area (Å²) in [4.78, 5) is 2.65. The first-order valence-electron chi connectivity index (χ1n) is 6.24. The average Bonchev–Trinajstić information content (AvgIpc) is 2.21. The summed E-state index contributed by atoms with van der Waals surface area (Å²) in [6.07, 6.45) is 4.00. The van der Waals surface area contributed by atoms with E-state index in [1.165, 1.54) is 45.4 Å². The van der Waals surface area contributed by atoms with Crippen molar-refractivity contribution >= 4 is 0 Å². The predicted molar refractivity (Wildman–Crippen MR) is 62.6 cm³/mol. The maximum absolute atomic E-state index is 3.51. The molecule has 0 amide bonds. The number of likely N-dealkylation sites (N-methyl/N-ethyl adjacent to an activating group) is 1. The summed E-state index contributed by atoms with van der Waals surface area (Å²) in [6, 6.07) is 0.778. The van der Waals surface area contributed by atoms with Crippen molar-refractivity contribution in [2.75, 3.05) is 26.2 Å². The van der Waals surface area contributed by atoms with Gasteiger partial charge in [-0.05, 0) is 38.4 Å². The number of unbranched alkanes of at least 4 members (excludes halogenated alkanes) is 1. The molecule has 0 radical (unpaired) electrons. The van der Waals surface area contributed by atoms with Crippen LogP contribution < -0.4 is 5.32 Å². The Labute approximate surface area is 89.1 Å². The van der Waals surface area contributed by atoms with Gasteiger partial charge in [-0.2, -0.15) is 0 Å². The minimum absolute atomic E-state index is 0.778.